The zero-order chi connectivity index (χ0) is 22.4. The van der Waals surface area contributed by atoms with Crippen LogP contribution in [0.25, 0.3) is 11.2 Å². The molecule has 3 aromatic rings. The predicted molar refractivity (Wildman–Crippen MR) is 120 cm³/mol. The van der Waals surface area contributed by atoms with Gasteiger partial charge in [0.2, 0.25) is 5.82 Å². The number of aromatic nitrogens is 3. The number of carbonyl (C=O) groups is 2. The highest BCUT2D eigenvalue weighted by Gasteiger charge is 2.30. The summed E-state index contributed by atoms with van der Waals surface area (Å²) in [7, 11) is 1.68. The van der Waals surface area contributed by atoms with Crippen molar-refractivity contribution in [1.82, 2.24) is 14.5 Å². The summed E-state index contributed by atoms with van der Waals surface area (Å²) in [6, 6.07) is 9.69. The number of hydrogen-bond donors (Lipinski definition) is 1. The van der Waals surface area contributed by atoms with Crippen LogP contribution in [0, 0.1) is 6.92 Å². The van der Waals surface area contributed by atoms with Crippen LogP contribution in [0.1, 0.15) is 28.2 Å². The first-order chi connectivity index (χ1) is 15.4. The molecule has 2 aliphatic heterocycles. The van der Waals surface area contributed by atoms with Crippen LogP contribution in [0.4, 0.5) is 11.5 Å². The van der Waals surface area contributed by atoms with E-state index in [0.29, 0.717) is 49.0 Å². The van der Waals surface area contributed by atoms with Crippen molar-refractivity contribution in [3.05, 3.63) is 47.3 Å². The van der Waals surface area contributed by atoms with Crippen molar-refractivity contribution in [2.75, 3.05) is 36.2 Å². The van der Waals surface area contributed by atoms with E-state index in [1.165, 1.54) is 5.01 Å². The Morgan fingerprint density at radius 3 is 2.66 bits per heavy atom. The number of hydrogen-bond acceptors (Lipinski definition) is 7. The SMILES string of the molecule is Cc1cccc(C2=NN(c3cc(N4CCOCC4)c4nc(C(N)=O)n(C)c4n3)C(=O)C2)c1. The van der Waals surface area contributed by atoms with Gasteiger partial charge in [0.1, 0.15) is 5.52 Å². The number of anilines is 2. The maximum absolute atomic E-state index is 12.9. The van der Waals surface area contributed by atoms with Crippen molar-refractivity contribution in [2.24, 2.45) is 17.9 Å². The minimum Gasteiger partial charge on any atom is -0.378 e. The molecule has 0 spiro atoms. The molecule has 4 heterocycles. The topological polar surface area (TPSA) is 119 Å². The van der Waals surface area contributed by atoms with E-state index < -0.39 is 5.91 Å². The quantitative estimate of drug-likeness (QED) is 0.663. The zero-order valence-electron chi connectivity index (χ0n) is 17.9. The Balaban J connectivity index is 1.64. The number of rotatable bonds is 4. The number of imidazole rings is 1. The third-order valence-corrected chi connectivity index (χ3v) is 5.71. The van der Waals surface area contributed by atoms with Crippen LogP contribution in [0.2, 0.25) is 0 Å². The monoisotopic (exact) mass is 433 g/mol. The first kappa shape index (κ1) is 20.1. The van der Waals surface area contributed by atoms with Crippen LogP contribution in [-0.4, -0.2) is 58.4 Å². The number of morpholine rings is 1. The fourth-order valence-corrected chi connectivity index (χ4v) is 4.09. The van der Waals surface area contributed by atoms with Gasteiger partial charge in [-0.2, -0.15) is 10.1 Å². The highest BCUT2D eigenvalue weighted by Crippen LogP contribution is 2.32. The molecule has 0 aliphatic carbocycles. The Bertz CT molecular complexity index is 1270. The fraction of sp³-hybridized carbons (Fsp3) is 0.318. The van der Waals surface area contributed by atoms with Gasteiger partial charge in [0.25, 0.3) is 11.8 Å². The summed E-state index contributed by atoms with van der Waals surface area (Å²) < 4.78 is 7.03. The van der Waals surface area contributed by atoms with Crippen LogP contribution < -0.4 is 15.6 Å². The summed E-state index contributed by atoms with van der Waals surface area (Å²) >= 11 is 0. The molecule has 0 bridgehead atoms. The molecule has 1 fully saturated rings. The lowest BCUT2D eigenvalue weighted by Gasteiger charge is -2.29. The number of pyridine rings is 1. The van der Waals surface area contributed by atoms with Gasteiger partial charge < -0.3 is 19.9 Å². The van der Waals surface area contributed by atoms with Gasteiger partial charge in [-0.05, 0) is 12.5 Å². The third-order valence-electron chi connectivity index (χ3n) is 5.71. The number of nitrogens with two attached hydrogens (primary N) is 1. The number of nitrogens with zero attached hydrogens (tertiary/aromatic N) is 6. The largest absolute Gasteiger partial charge is 0.378 e. The van der Waals surface area contributed by atoms with E-state index in [0.717, 1.165) is 16.8 Å². The smallest absolute Gasteiger partial charge is 0.284 e. The van der Waals surface area contributed by atoms with E-state index in [1.807, 2.05) is 31.2 Å². The molecule has 0 atom stereocenters. The molecule has 2 amide bonds. The third kappa shape index (κ3) is 3.38. The van der Waals surface area contributed by atoms with Gasteiger partial charge in [0, 0.05) is 26.2 Å². The highest BCUT2D eigenvalue weighted by molar-refractivity contribution is 6.19. The van der Waals surface area contributed by atoms with Gasteiger partial charge in [0.15, 0.2) is 11.5 Å². The maximum atomic E-state index is 12.9. The summed E-state index contributed by atoms with van der Waals surface area (Å²) in [6.07, 6.45) is 0.188. The second kappa shape index (κ2) is 7.72. The zero-order valence-corrected chi connectivity index (χ0v) is 17.9. The minimum atomic E-state index is -0.642. The number of fused-ring (bicyclic) bond motifs is 1. The van der Waals surface area contributed by atoms with Crippen molar-refractivity contribution >= 4 is 40.2 Å². The molecule has 2 N–H and O–H groups in total. The van der Waals surface area contributed by atoms with Crippen LogP contribution in [-0.2, 0) is 16.6 Å². The Labute approximate surface area is 184 Å². The van der Waals surface area contributed by atoms with E-state index in [9.17, 15) is 9.59 Å². The second-order valence-electron chi connectivity index (χ2n) is 7.93. The molecule has 0 saturated carbocycles. The molecule has 0 unspecified atom stereocenters. The number of aryl methyl sites for hydroxylation is 2. The van der Waals surface area contributed by atoms with Crippen molar-refractivity contribution in [3.8, 4) is 0 Å². The van der Waals surface area contributed by atoms with Gasteiger partial charge in [-0.15, -0.1) is 0 Å². The molecule has 164 valence electrons. The summed E-state index contributed by atoms with van der Waals surface area (Å²) in [5.41, 5.74) is 10.00. The van der Waals surface area contributed by atoms with Gasteiger partial charge in [-0.3, -0.25) is 9.59 Å². The number of primary amides is 1. The first-order valence-corrected chi connectivity index (χ1v) is 10.4. The van der Waals surface area contributed by atoms with Gasteiger partial charge in [-0.25, -0.2) is 9.97 Å². The molecule has 10 heteroatoms. The van der Waals surface area contributed by atoms with Crippen LogP contribution in [0.15, 0.2) is 35.4 Å². The van der Waals surface area contributed by atoms with E-state index in [4.69, 9.17) is 10.5 Å². The molecule has 2 aromatic heterocycles. The number of ether oxygens (including phenoxy) is 1. The molecule has 1 aromatic carbocycles. The molecule has 0 radical (unpaired) electrons. The first-order valence-electron chi connectivity index (χ1n) is 10.4. The molecular weight excluding hydrogens is 410 g/mol. The summed E-state index contributed by atoms with van der Waals surface area (Å²) in [5.74, 6) is -0.322. The highest BCUT2D eigenvalue weighted by atomic mass is 16.5. The summed E-state index contributed by atoms with van der Waals surface area (Å²) in [5, 5.41) is 5.92. The molecule has 10 nitrogen and oxygen atoms in total. The van der Waals surface area contributed by atoms with Crippen LogP contribution in [0.3, 0.4) is 0 Å². The second-order valence-corrected chi connectivity index (χ2v) is 7.93. The summed E-state index contributed by atoms with van der Waals surface area (Å²) in [6.45, 7) is 4.47. The molecule has 1 saturated heterocycles. The lowest BCUT2D eigenvalue weighted by atomic mass is 10.1. The molecule has 5 rings (SSSR count). The van der Waals surface area contributed by atoms with Crippen molar-refractivity contribution in [3.63, 3.8) is 0 Å². The van der Waals surface area contributed by atoms with E-state index in [2.05, 4.69) is 20.0 Å². The number of hydrazone groups is 1. The van der Waals surface area contributed by atoms with E-state index in [-0.39, 0.29) is 18.2 Å². The minimum absolute atomic E-state index is 0.107. The summed E-state index contributed by atoms with van der Waals surface area (Å²) in [4.78, 5) is 36.0. The molecule has 32 heavy (non-hydrogen) atoms. The Morgan fingerprint density at radius 1 is 1.16 bits per heavy atom. The van der Waals surface area contributed by atoms with Gasteiger partial charge in [0.05, 0.1) is 31.0 Å². The van der Waals surface area contributed by atoms with Crippen molar-refractivity contribution in [1.29, 1.82) is 0 Å². The average Bonchev–Trinajstić information content (AvgIpc) is 3.34. The predicted octanol–water partition coefficient (Wildman–Crippen LogP) is 1.35. The van der Waals surface area contributed by atoms with Gasteiger partial charge in [-0.1, -0.05) is 29.8 Å². The normalized spacial score (nSPS) is 16.7. The Kier molecular flexibility index (Phi) is 4.86. The standard InChI is InChI=1S/C22H23N7O3/c1-13-4-3-5-14(10-13)15-11-18(30)29(26-15)17-12-16(28-6-8-32-9-7-28)19-21(24-17)27(2)22(25-19)20(23)31/h3-5,10,12H,6-9,11H2,1-2H3,(H2,23,31). The Hall–Kier alpha value is -3.79. The number of benzene rings is 1. The van der Waals surface area contributed by atoms with E-state index in [1.54, 1.807) is 17.7 Å². The van der Waals surface area contributed by atoms with Gasteiger partial charge >= 0.3 is 0 Å². The molecule has 2 aliphatic rings. The van der Waals surface area contributed by atoms with Crippen LogP contribution >= 0.6 is 0 Å². The fourth-order valence-electron chi connectivity index (χ4n) is 4.09. The lowest BCUT2D eigenvalue weighted by molar-refractivity contribution is -0.116. The average molecular weight is 433 g/mol. The Morgan fingerprint density at radius 2 is 1.94 bits per heavy atom. The number of amides is 2. The number of carbonyl (C=O) groups excluding carboxylic acids is 2. The van der Waals surface area contributed by atoms with Crippen LogP contribution in [0.5, 0.6) is 0 Å². The van der Waals surface area contributed by atoms with Crippen molar-refractivity contribution in [2.45, 2.75) is 13.3 Å². The lowest BCUT2D eigenvalue weighted by Crippen LogP contribution is -2.36. The van der Waals surface area contributed by atoms with Crippen molar-refractivity contribution < 1.29 is 14.3 Å². The molecular formula is C22H23N7O3. The van der Waals surface area contributed by atoms with E-state index >= 15 is 0 Å². The maximum Gasteiger partial charge on any atom is 0.284 e.